The lowest BCUT2D eigenvalue weighted by Crippen LogP contribution is -1.98. The monoisotopic (exact) mass is 286 g/mol. The Labute approximate surface area is 102 Å². The van der Waals surface area contributed by atoms with Gasteiger partial charge in [0, 0.05) is 7.11 Å². The molecule has 0 aliphatic carbocycles. The van der Waals surface area contributed by atoms with Crippen LogP contribution in [-0.4, -0.2) is 25.0 Å². The molecule has 4 nitrogen and oxygen atoms in total. The number of carbonyl (C=O) groups is 1. The molecule has 1 aromatic carbocycles. The highest BCUT2D eigenvalue weighted by Crippen LogP contribution is 2.16. The van der Waals surface area contributed by atoms with Gasteiger partial charge in [-0.05, 0) is 39.7 Å². The fraction of sp³-hybridized carbons (Fsp3) is 0.182. The topological polar surface area (TPSA) is 55.8 Å². The Hall–Kier alpha value is -1.33. The number of rotatable bonds is 5. The van der Waals surface area contributed by atoms with Crippen LogP contribution in [-0.2, 0) is 9.53 Å². The van der Waals surface area contributed by atoms with E-state index in [1.165, 1.54) is 6.08 Å². The maximum Gasteiger partial charge on any atom is 0.342 e. The molecule has 0 heterocycles. The first-order valence-corrected chi connectivity index (χ1v) is 5.25. The lowest BCUT2D eigenvalue weighted by Gasteiger charge is -2.04. The average Bonchev–Trinajstić information content (AvgIpc) is 2.28. The molecule has 0 fully saturated rings. The van der Waals surface area contributed by atoms with Gasteiger partial charge >= 0.3 is 5.97 Å². The minimum absolute atomic E-state index is 0.109. The van der Waals surface area contributed by atoms with E-state index in [2.05, 4.69) is 15.9 Å². The lowest BCUT2D eigenvalue weighted by atomic mass is 10.2. The van der Waals surface area contributed by atoms with Crippen molar-refractivity contribution in [2.24, 2.45) is 0 Å². The van der Waals surface area contributed by atoms with Crippen LogP contribution in [0.25, 0.3) is 6.08 Å². The van der Waals surface area contributed by atoms with Crippen molar-refractivity contribution >= 4 is 28.0 Å². The van der Waals surface area contributed by atoms with Crippen molar-refractivity contribution in [1.29, 1.82) is 0 Å². The number of carboxylic acid groups (broad SMARTS) is 1. The van der Waals surface area contributed by atoms with Gasteiger partial charge in [0.05, 0.1) is 0 Å². The first-order chi connectivity index (χ1) is 7.63. The minimum Gasteiger partial charge on any atom is -0.477 e. The normalized spacial score (nSPS) is 11.2. The Morgan fingerprint density at radius 2 is 2.06 bits per heavy atom. The molecule has 0 bridgehead atoms. The van der Waals surface area contributed by atoms with Crippen LogP contribution in [0.15, 0.2) is 28.7 Å². The third-order valence-electron chi connectivity index (χ3n) is 1.72. The van der Waals surface area contributed by atoms with Crippen molar-refractivity contribution in [3.63, 3.8) is 0 Å². The van der Waals surface area contributed by atoms with Gasteiger partial charge in [0.1, 0.15) is 10.2 Å². The third kappa shape index (κ3) is 4.04. The van der Waals surface area contributed by atoms with Crippen molar-refractivity contribution in [1.82, 2.24) is 0 Å². The second kappa shape index (κ2) is 6.30. The molecule has 5 heteroatoms. The van der Waals surface area contributed by atoms with Crippen LogP contribution in [0, 0.1) is 0 Å². The van der Waals surface area contributed by atoms with Gasteiger partial charge in [-0.15, -0.1) is 0 Å². The average molecular weight is 287 g/mol. The number of halogens is 1. The Bertz CT molecular complexity index is 383. The van der Waals surface area contributed by atoms with Gasteiger partial charge in [-0.3, -0.25) is 0 Å². The zero-order chi connectivity index (χ0) is 12.0. The van der Waals surface area contributed by atoms with Gasteiger partial charge in [0.2, 0.25) is 0 Å². The zero-order valence-electron chi connectivity index (χ0n) is 8.64. The fourth-order valence-electron chi connectivity index (χ4n) is 0.995. The summed E-state index contributed by atoms with van der Waals surface area (Å²) < 4.78 is 10.1. The van der Waals surface area contributed by atoms with Gasteiger partial charge in [-0.2, -0.15) is 0 Å². The number of ether oxygens (including phenoxy) is 2. The van der Waals surface area contributed by atoms with Gasteiger partial charge < -0.3 is 14.6 Å². The number of hydrogen-bond acceptors (Lipinski definition) is 3. The van der Waals surface area contributed by atoms with Gasteiger partial charge in [0.15, 0.2) is 6.79 Å². The van der Waals surface area contributed by atoms with E-state index in [1.807, 2.05) is 0 Å². The number of methoxy groups -OCH3 is 1. The molecule has 0 atom stereocenters. The number of benzene rings is 1. The zero-order valence-corrected chi connectivity index (χ0v) is 10.2. The predicted molar refractivity (Wildman–Crippen MR) is 63.5 cm³/mol. The summed E-state index contributed by atoms with van der Waals surface area (Å²) in [6, 6.07) is 7.00. The molecule has 0 radical (unpaired) electrons. The Kier molecular flexibility index (Phi) is 5.01. The molecule has 0 amide bonds. The summed E-state index contributed by atoms with van der Waals surface area (Å²) >= 11 is 2.95. The van der Waals surface area contributed by atoms with Crippen LogP contribution in [0.3, 0.4) is 0 Å². The molecule has 0 unspecified atom stereocenters. The lowest BCUT2D eigenvalue weighted by molar-refractivity contribution is -0.131. The quantitative estimate of drug-likeness (QED) is 0.667. The van der Waals surface area contributed by atoms with E-state index in [-0.39, 0.29) is 11.3 Å². The summed E-state index contributed by atoms with van der Waals surface area (Å²) in [4.78, 5) is 10.6. The van der Waals surface area contributed by atoms with Crippen LogP contribution >= 0.6 is 15.9 Å². The Balaban J connectivity index is 2.71. The summed E-state index contributed by atoms with van der Waals surface area (Å²) in [6.07, 6.45) is 1.52. The summed E-state index contributed by atoms with van der Waals surface area (Å²) in [7, 11) is 1.54. The van der Waals surface area contributed by atoms with Crippen LogP contribution in [0.1, 0.15) is 5.56 Å². The first-order valence-electron chi connectivity index (χ1n) is 4.46. The molecular formula is C11H11BrO4. The second-order valence-electron chi connectivity index (χ2n) is 2.92. The highest BCUT2D eigenvalue weighted by Gasteiger charge is 2.01. The maximum absolute atomic E-state index is 10.6. The smallest absolute Gasteiger partial charge is 0.342 e. The standard InChI is InChI=1S/C11H11BrO4/c1-15-7-16-9-4-2-8(3-5-9)6-10(12)11(13)14/h2-6H,7H2,1H3,(H,13,14)/b10-6-. The van der Waals surface area contributed by atoms with Crippen LogP contribution < -0.4 is 4.74 Å². The molecule has 0 saturated heterocycles. The fourth-order valence-corrected chi connectivity index (χ4v) is 1.26. The molecular weight excluding hydrogens is 276 g/mol. The van der Waals surface area contributed by atoms with E-state index in [9.17, 15) is 4.79 Å². The predicted octanol–water partition coefficient (Wildman–Crippen LogP) is 2.49. The minimum atomic E-state index is -1.00. The van der Waals surface area contributed by atoms with Crippen molar-refractivity contribution in [3.05, 3.63) is 34.3 Å². The van der Waals surface area contributed by atoms with Crippen molar-refractivity contribution < 1.29 is 19.4 Å². The van der Waals surface area contributed by atoms with Crippen LogP contribution in [0.2, 0.25) is 0 Å². The van der Waals surface area contributed by atoms with Crippen molar-refractivity contribution in [3.8, 4) is 5.75 Å². The molecule has 0 spiro atoms. The first kappa shape index (κ1) is 12.7. The van der Waals surface area contributed by atoms with Crippen LogP contribution in [0.5, 0.6) is 5.75 Å². The van der Waals surface area contributed by atoms with E-state index < -0.39 is 5.97 Å². The van der Waals surface area contributed by atoms with Gasteiger partial charge in [-0.25, -0.2) is 4.79 Å². The van der Waals surface area contributed by atoms with E-state index in [0.717, 1.165) is 5.56 Å². The van der Waals surface area contributed by atoms with E-state index in [1.54, 1.807) is 31.4 Å². The largest absolute Gasteiger partial charge is 0.477 e. The summed E-state index contributed by atoms with van der Waals surface area (Å²) in [5.41, 5.74) is 0.777. The van der Waals surface area contributed by atoms with Crippen LogP contribution in [0.4, 0.5) is 0 Å². The highest BCUT2D eigenvalue weighted by atomic mass is 79.9. The summed E-state index contributed by atoms with van der Waals surface area (Å²) in [5.74, 6) is -0.329. The van der Waals surface area contributed by atoms with E-state index >= 15 is 0 Å². The maximum atomic E-state index is 10.6. The van der Waals surface area contributed by atoms with Gasteiger partial charge in [-0.1, -0.05) is 12.1 Å². The summed E-state index contributed by atoms with van der Waals surface area (Å²) in [6.45, 7) is 0.188. The Morgan fingerprint density at radius 1 is 1.44 bits per heavy atom. The van der Waals surface area contributed by atoms with Gasteiger partial charge in [0.25, 0.3) is 0 Å². The van der Waals surface area contributed by atoms with E-state index in [4.69, 9.17) is 14.6 Å². The molecule has 0 saturated carbocycles. The van der Waals surface area contributed by atoms with Crippen molar-refractivity contribution in [2.45, 2.75) is 0 Å². The molecule has 1 rings (SSSR count). The van der Waals surface area contributed by atoms with E-state index in [0.29, 0.717) is 5.75 Å². The Morgan fingerprint density at radius 3 is 2.56 bits per heavy atom. The highest BCUT2D eigenvalue weighted by molar-refractivity contribution is 9.12. The molecule has 1 N–H and O–H groups in total. The second-order valence-corrected chi connectivity index (χ2v) is 3.77. The number of aliphatic carboxylic acids is 1. The molecule has 0 aliphatic rings. The third-order valence-corrected chi connectivity index (χ3v) is 2.29. The molecule has 1 aromatic rings. The van der Waals surface area contributed by atoms with Crippen molar-refractivity contribution in [2.75, 3.05) is 13.9 Å². The molecule has 86 valence electrons. The molecule has 0 aromatic heterocycles. The SMILES string of the molecule is COCOc1ccc(/C=C(\Br)C(=O)O)cc1. The molecule has 16 heavy (non-hydrogen) atoms. The summed E-state index contributed by atoms with van der Waals surface area (Å²) in [5, 5.41) is 8.66. The number of carboxylic acids is 1. The number of hydrogen-bond donors (Lipinski definition) is 1. The molecule has 0 aliphatic heterocycles.